The molecule has 3 aromatic carbocycles. The van der Waals surface area contributed by atoms with Crippen LogP contribution in [0.25, 0.3) is 11.1 Å². The number of carbonyl (C=O) groups is 2. The van der Waals surface area contributed by atoms with E-state index in [4.69, 9.17) is 4.74 Å². The predicted octanol–water partition coefficient (Wildman–Crippen LogP) is 5.47. The van der Waals surface area contributed by atoms with E-state index in [1.807, 2.05) is 47.4 Å². The lowest BCUT2D eigenvalue weighted by Crippen LogP contribution is -2.42. The lowest BCUT2D eigenvalue weighted by Gasteiger charge is -2.33. The third-order valence-electron chi connectivity index (χ3n) is 7.14. The van der Waals surface area contributed by atoms with Crippen molar-refractivity contribution in [2.75, 3.05) is 13.6 Å². The van der Waals surface area contributed by atoms with Crippen molar-refractivity contribution in [1.29, 1.82) is 0 Å². The summed E-state index contributed by atoms with van der Waals surface area (Å²) in [5, 5.41) is 2.74. The van der Waals surface area contributed by atoms with Crippen LogP contribution in [0.15, 0.2) is 66.7 Å². The van der Waals surface area contributed by atoms with E-state index in [9.17, 15) is 14.0 Å². The topological polar surface area (TPSA) is 58.6 Å². The summed E-state index contributed by atoms with van der Waals surface area (Å²) >= 11 is 0. The fourth-order valence-corrected chi connectivity index (χ4v) is 5.19. The van der Waals surface area contributed by atoms with Gasteiger partial charge in [0.1, 0.15) is 23.6 Å². The number of nitrogens with one attached hydrogen (secondary N) is 1. The summed E-state index contributed by atoms with van der Waals surface area (Å²) in [6, 6.07) is 19.7. The molecule has 5 rings (SSSR count). The van der Waals surface area contributed by atoms with Gasteiger partial charge in [0.25, 0.3) is 5.91 Å². The van der Waals surface area contributed by atoms with Crippen molar-refractivity contribution in [3.8, 4) is 16.9 Å². The van der Waals surface area contributed by atoms with Gasteiger partial charge in [-0.05, 0) is 79.3 Å². The highest BCUT2D eigenvalue weighted by Crippen LogP contribution is 2.47. The Morgan fingerprint density at radius 3 is 2.51 bits per heavy atom. The van der Waals surface area contributed by atoms with Crippen molar-refractivity contribution >= 4 is 11.8 Å². The van der Waals surface area contributed by atoms with Crippen LogP contribution in [0.2, 0.25) is 0 Å². The molecule has 3 aromatic rings. The van der Waals surface area contributed by atoms with Gasteiger partial charge in [-0.2, -0.15) is 0 Å². The molecule has 35 heavy (non-hydrogen) atoms. The minimum atomic E-state index is -0.570. The van der Waals surface area contributed by atoms with Gasteiger partial charge >= 0.3 is 0 Å². The summed E-state index contributed by atoms with van der Waals surface area (Å²) in [5.41, 5.74) is 3.99. The second kappa shape index (κ2) is 9.53. The number of amides is 2. The summed E-state index contributed by atoms with van der Waals surface area (Å²) in [5.74, 6) is -0.386. The van der Waals surface area contributed by atoms with Crippen LogP contribution in [-0.4, -0.2) is 36.3 Å². The maximum Gasteiger partial charge on any atom is 0.254 e. The van der Waals surface area contributed by atoms with Crippen LogP contribution in [0.4, 0.5) is 4.39 Å². The number of likely N-dealkylation sites (N-methyl/N-ethyl adjacent to an activating group) is 1. The van der Waals surface area contributed by atoms with Gasteiger partial charge in [0.05, 0.1) is 0 Å². The molecular weight excluding hydrogens is 443 g/mol. The van der Waals surface area contributed by atoms with E-state index >= 15 is 0 Å². The molecule has 2 aliphatic rings. The molecule has 0 bridgehead atoms. The minimum Gasteiger partial charge on any atom is -0.484 e. The van der Waals surface area contributed by atoms with Crippen LogP contribution < -0.4 is 10.1 Å². The van der Waals surface area contributed by atoms with Crippen LogP contribution in [0.1, 0.15) is 59.7 Å². The Kier molecular flexibility index (Phi) is 6.29. The summed E-state index contributed by atoms with van der Waals surface area (Å²) < 4.78 is 19.6. The van der Waals surface area contributed by atoms with Gasteiger partial charge in [-0.25, -0.2) is 4.39 Å². The Bertz CT molecular complexity index is 1260. The molecular formula is C29H29FN2O3. The Morgan fingerprint density at radius 1 is 1.00 bits per heavy atom. The first kappa shape index (κ1) is 23.1. The summed E-state index contributed by atoms with van der Waals surface area (Å²) in [4.78, 5) is 28.1. The molecule has 6 heteroatoms. The van der Waals surface area contributed by atoms with E-state index in [1.165, 1.54) is 12.1 Å². The molecule has 5 nitrogen and oxygen atoms in total. The minimum absolute atomic E-state index is 0.0585. The van der Waals surface area contributed by atoms with Crippen LogP contribution in [0.3, 0.4) is 0 Å². The van der Waals surface area contributed by atoms with E-state index in [0.717, 1.165) is 48.1 Å². The zero-order valence-electron chi connectivity index (χ0n) is 20.0. The molecule has 0 aromatic heterocycles. The Balaban J connectivity index is 1.48. The zero-order chi connectivity index (χ0) is 24.5. The summed E-state index contributed by atoms with van der Waals surface area (Å²) in [6.07, 6.45) is 2.69. The number of fused-ring (bicyclic) bond motifs is 1. The highest BCUT2D eigenvalue weighted by Gasteiger charge is 2.40. The number of benzene rings is 3. The quantitative estimate of drug-likeness (QED) is 0.548. The molecule has 0 radical (unpaired) electrons. The van der Waals surface area contributed by atoms with E-state index in [1.54, 1.807) is 19.2 Å². The van der Waals surface area contributed by atoms with Gasteiger partial charge in [-0.3, -0.25) is 9.59 Å². The zero-order valence-corrected chi connectivity index (χ0v) is 20.0. The van der Waals surface area contributed by atoms with Crippen molar-refractivity contribution in [3.05, 3.63) is 89.2 Å². The lowest BCUT2D eigenvalue weighted by molar-refractivity contribution is -0.123. The number of halogens is 1. The molecule has 0 spiro atoms. The highest BCUT2D eigenvalue weighted by atomic mass is 19.1. The molecule has 1 saturated heterocycles. The lowest BCUT2D eigenvalue weighted by atomic mass is 9.88. The maximum absolute atomic E-state index is 13.5. The molecule has 2 heterocycles. The molecule has 1 fully saturated rings. The van der Waals surface area contributed by atoms with Crippen molar-refractivity contribution in [3.63, 3.8) is 0 Å². The predicted molar refractivity (Wildman–Crippen MR) is 133 cm³/mol. The van der Waals surface area contributed by atoms with Crippen molar-refractivity contribution < 1.29 is 18.7 Å². The van der Waals surface area contributed by atoms with E-state index in [0.29, 0.717) is 11.3 Å². The molecule has 180 valence electrons. The second-order valence-corrected chi connectivity index (χ2v) is 9.36. The Labute approximate surface area is 204 Å². The number of carbonyl (C=O) groups excluding carboxylic acids is 2. The molecule has 3 atom stereocenters. The van der Waals surface area contributed by atoms with Crippen LogP contribution in [0.5, 0.6) is 5.75 Å². The van der Waals surface area contributed by atoms with Crippen molar-refractivity contribution in [2.24, 2.45) is 0 Å². The van der Waals surface area contributed by atoms with Gasteiger partial charge in [-0.1, -0.05) is 30.3 Å². The third kappa shape index (κ3) is 4.41. The SMILES string of the molecule is CNC(=O)C1c2cc(-c3cccc(C(=O)N4CCCCC4C)c3)ccc2OC1c1ccc(F)cc1. The molecule has 1 N–H and O–H groups in total. The van der Waals surface area contributed by atoms with Crippen LogP contribution >= 0.6 is 0 Å². The number of ether oxygens (including phenoxy) is 1. The smallest absolute Gasteiger partial charge is 0.254 e. The average Bonchev–Trinajstić information content (AvgIpc) is 3.27. The summed E-state index contributed by atoms with van der Waals surface area (Å²) in [6.45, 7) is 2.90. The van der Waals surface area contributed by atoms with Crippen molar-refractivity contribution in [2.45, 2.75) is 44.2 Å². The number of hydrogen-bond donors (Lipinski definition) is 1. The fraction of sp³-hybridized carbons (Fsp3) is 0.310. The van der Waals surface area contributed by atoms with Crippen LogP contribution in [-0.2, 0) is 4.79 Å². The number of likely N-dealkylation sites (tertiary alicyclic amines) is 1. The Morgan fingerprint density at radius 2 is 1.77 bits per heavy atom. The number of piperidine rings is 1. The van der Waals surface area contributed by atoms with E-state index in [-0.39, 0.29) is 23.7 Å². The normalized spacial score (nSPS) is 21.2. The largest absolute Gasteiger partial charge is 0.484 e. The van der Waals surface area contributed by atoms with Gasteiger partial charge < -0.3 is 15.0 Å². The molecule has 3 unspecified atom stereocenters. The van der Waals surface area contributed by atoms with Gasteiger partial charge in [0.2, 0.25) is 5.91 Å². The van der Waals surface area contributed by atoms with Crippen LogP contribution in [0, 0.1) is 5.82 Å². The molecule has 0 aliphatic carbocycles. The first-order chi connectivity index (χ1) is 17.0. The molecule has 2 aliphatic heterocycles. The van der Waals surface area contributed by atoms with Crippen molar-refractivity contribution in [1.82, 2.24) is 10.2 Å². The first-order valence-electron chi connectivity index (χ1n) is 12.2. The fourth-order valence-electron chi connectivity index (χ4n) is 5.19. The van der Waals surface area contributed by atoms with E-state index in [2.05, 4.69) is 12.2 Å². The second-order valence-electron chi connectivity index (χ2n) is 9.36. The molecule has 0 saturated carbocycles. The Hall–Kier alpha value is -3.67. The third-order valence-corrected chi connectivity index (χ3v) is 7.14. The maximum atomic E-state index is 13.5. The number of rotatable bonds is 4. The monoisotopic (exact) mass is 472 g/mol. The highest BCUT2D eigenvalue weighted by molar-refractivity contribution is 5.96. The molecule has 2 amide bonds. The number of nitrogens with zero attached hydrogens (tertiary/aromatic N) is 1. The van der Waals surface area contributed by atoms with Gasteiger partial charge in [0.15, 0.2) is 0 Å². The van der Waals surface area contributed by atoms with Gasteiger partial charge in [0, 0.05) is 30.8 Å². The average molecular weight is 473 g/mol. The van der Waals surface area contributed by atoms with Gasteiger partial charge in [-0.15, -0.1) is 0 Å². The first-order valence-corrected chi connectivity index (χ1v) is 12.2. The van der Waals surface area contributed by atoms with E-state index < -0.39 is 12.0 Å². The standard InChI is InChI=1S/C29H29FN2O3/c1-18-6-3-4-15-32(18)29(34)22-8-5-7-20(16-22)21-11-14-25-24(17-21)26(28(33)31-2)27(35-25)19-9-12-23(30)13-10-19/h5,7-14,16-18,26-27H,3-4,6,15H2,1-2H3,(H,31,33). The number of hydrogen-bond acceptors (Lipinski definition) is 3. The summed E-state index contributed by atoms with van der Waals surface area (Å²) in [7, 11) is 1.60.